The summed E-state index contributed by atoms with van der Waals surface area (Å²) in [6, 6.07) is 21.3. The van der Waals surface area contributed by atoms with Crippen LogP contribution in [0, 0.1) is 0 Å². The minimum atomic E-state index is -0.849. The Hall–Kier alpha value is -4.74. The lowest BCUT2D eigenvalue weighted by Gasteiger charge is -2.46. The van der Waals surface area contributed by atoms with E-state index in [2.05, 4.69) is 39.9 Å². The highest BCUT2D eigenvalue weighted by molar-refractivity contribution is 5.83. The summed E-state index contributed by atoms with van der Waals surface area (Å²) >= 11 is 0. The average molecular weight is 666 g/mol. The number of methoxy groups -OCH3 is 1. The van der Waals surface area contributed by atoms with Crippen molar-refractivity contribution in [1.82, 2.24) is 15.6 Å². The molecule has 4 aromatic carbocycles. The van der Waals surface area contributed by atoms with Crippen LogP contribution in [0.1, 0.15) is 39.8 Å². The molecule has 10 heteroatoms. The number of aliphatic hydroxyl groups excluding tert-OH is 1. The quantitative estimate of drug-likeness (QED) is 0.0977. The van der Waals surface area contributed by atoms with Crippen LogP contribution >= 0.6 is 0 Å². The highest BCUT2D eigenvalue weighted by Gasteiger charge is 2.48. The molecule has 5 aromatic rings. The van der Waals surface area contributed by atoms with Crippen LogP contribution in [-0.4, -0.2) is 73.6 Å². The number of aliphatic hydroxyl groups is 1. The topological polar surface area (TPSA) is 137 Å². The zero-order chi connectivity index (χ0) is 34.1. The minimum Gasteiger partial charge on any atom is -0.508 e. The summed E-state index contributed by atoms with van der Waals surface area (Å²) in [5, 5.41) is 38.6. The third kappa shape index (κ3) is 6.06. The number of benzene rings is 4. The Balaban J connectivity index is 1.40. The molecule has 0 amide bonds. The minimum absolute atomic E-state index is 0.0398. The fourth-order valence-corrected chi connectivity index (χ4v) is 7.69. The zero-order valence-corrected chi connectivity index (χ0v) is 28.0. The van der Waals surface area contributed by atoms with Crippen LogP contribution in [0.5, 0.6) is 28.7 Å². The Kier molecular flexibility index (Phi) is 9.13. The molecular weight excluding hydrogens is 622 g/mol. The number of nitrogens with one attached hydrogen (secondary N) is 3. The van der Waals surface area contributed by atoms with Gasteiger partial charge in [0.15, 0.2) is 17.6 Å². The third-order valence-corrected chi connectivity index (χ3v) is 9.80. The third-order valence-electron chi connectivity index (χ3n) is 9.80. The fourth-order valence-electron chi connectivity index (χ4n) is 7.69. The SMILES string of the molecule is CNCOC1(CNC)Cc2c(cc(OCCO)c3c2CC(Cc2ccc4[nH]ccc4c2)c2cc(O)ccc2-3)OC1c1ccc(O)c(OC)c1. The molecule has 7 rings (SSSR count). The number of phenols is 2. The second kappa shape index (κ2) is 13.6. The zero-order valence-electron chi connectivity index (χ0n) is 28.0. The first-order valence-corrected chi connectivity index (χ1v) is 16.7. The molecule has 1 aliphatic carbocycles. The van der Waals surface area contributed by atoms with Gasteiger partial charge in [0.1, 0.15) is 29.5 Å². The van der Waals surface area contributed by atoms with Crippen molar-refractivity contribution in [3.63, 3.8) is 0 Å². The van der Waals surface area contributed by atoms with Crippen molar-refractivity contribution in [3.8, 4) is 39.9 Å². The molecule has 0 fully saturated rings. The first-order valence-electron chi connectivity index (χ1n) is 16.7. The number of rotatable bonds is 12. The molecule has 0 saturated carbocycles. The maximum atomic E-state index is 10.7. The van der Waals surface area contributed by atoms with Gasteiger partial charge in [0.05, 0.1) is 20.4 Å². The number of hydrogen-bond acceptors (Lipinski definition) is 9. The largest absolute Gasteiger partial charge is 0.508 e. The van der Waals surface area contributed by atoms with Gasteiger partial charge in [-0.1, -0.05) is 18.2 Å². The van der Waals surface area contributed by atoms with Crippen LogP contribution in [0.25, 0.3) is 22.0 Å². The molecule has 0 bridgehead atoms. The molecule has 0 radical (unpaired) electrons. The van der Waals surface area contributed by atoms with Gasteiger partial charge in [0.2, 0.25) is 0 Å². The lowest BCUT2D eigenvalue weighted by atomic mass is 9.71. The van der Waals surface area contributed by atoms with Gasteiger partial charge in [-0.15, -0.1) is 0 Å². The molecule has 3 unspecified atom stereocenters. The van der Waals surface area contributed by atoms with Crippen molar-refractivity contribution in [2.24, 2.45) is 0 Å². The summed E-state index contributed by atoms with van der Waals surface area (Å²) in [7, 11) is 5.27. The second-order valence-electron chi connectivity index (χ2n) is 12.9. The van der Waals surface area contributed by atoms with E-state index in [0.29, 0.717) is 43.4 Å². The van der Waals surface area contributed by atoms with Crippen molar-refractivity contribution >= 4 is 10.9 Å². The van der Waals surface area contributed by atoms with Crippen molar-refractivity contribution in [1.29, 1.82) is 0 Å². The predicted molar refractivity (Wildman–Crippen MR) is 188 cm³/mol. The number of aromatic amines is 1. The number of phenolic OH excluding ortho intramolecular Hbond substituents is 2. The molecule has 1 aromatic heterocycles. The Morgan fingerprint density at radius 3 is 2.63 bits per heavy atom. The second-order valence-corrected chi connectivity index (χ2v) is 12.9. The summed E-state index contributed by atoms with van der Waals surface area (Å²) in [5.41, 5.74) is 7.36. The fraction of sp³-hybridized carbons (Fsp3) is 0.333. The van der Waals surface area contributed by atoms with Crippen LogP contribution < -0.4 is 24.8 Å². The van der Waals surface area contributed by atoms with E-state index >= 15 is 0 Å². The molecule has 2 heterocycles. The van der Waals surface area contributed by atoms with Crippen LogP contribution in [0.4, 0.5) is 0 Å². The smallest absolute Gasteiger partial charge is 0.160 e. The number of aromatic hydroxyl groups is 2. The van der Waals surface area contributed by atoms with Gasteiger partial charge >= 0.3 is 0 Å². The first kappa shape index (κ1) is 32.8. The molecule has 6 N–H and O–H groups in total. The number of aromatic nitrogens is 1. The van der Waals surface area contributed by atoms with Crippen LogP contribution in [0.2, 0.25) is 0 Å². The van der Waals surface area contributed by atoms with Crippen molar-refractivity contribution < 1.29 is 34.3 Å². The molecule has 49 heavy (non-hydrogen) atoms. The lowest BCUT2D eigenvalue weighted by Crippen LogP contribution is -2.54. The summed E-state index contributed by atoms with van der Waals surface area (Å²) in [6.45, 7) is 0.743. The number of fused-ring (bicyclic) bond motifs is 6. The van der Waals surface area contributed by atoms with Crippen molar-refractivity contribution in [2.45, 2.75) is 36.9 Å². The van der Waals surface area contributed by atoms with Gasteiger partial charge < -0.3 is 44.6 Å². The van der Waals surface area contributed by atoms with Crippen molar-refractivity contribution in [2.75, 3.05) is 47.7 Å². The molecule has 0 spiro atoms. The molecule has 2 aliphatic rings. The van der Waals surface area contributed by atoms with E-state index in [0.717, 1.165) is 50.7 Å². The molecule has 1 aliphatic heterocycles. The van der Waals surface area contributed by atoms with E-state index in [9.17, 15) is 15.3 Å². The van der Waals surface area contributed by atoms with E-state index in [1.165, 1.54) is 12.7 Å². The Morgan fingerprint density at radius 2 is 1.84 bits per heavy atom. The maximum Gasteiger partial charge on any atom is 0.160 e. The van der Waals surface area contributed by atoms with E-state index < -0.39 is 11.7 Å². The van der Waals surface area contributed by atoms with Crippen LogP contribution in [0.3, 0.4) is 0 Å². The van der Waals surface area contributed by atoms with E-state index in [1.54, 1.807) is 18.2 Å². The first-order chi connectivity index (χ1) is 23.9. The molecule has 256 valence electrons. The summed E-state index contributed by atoms with van der Waals surface area (Å²) < 4.78 is 25.4. The van der Waals surface area contributed by atoms with Crippen LogP contribution in [-0.2, 0) is 24.0 Å². The van der Waals surface area contributed by atoms with Gasteiger partial charge in [0.25, 0.3) is 0 Å². The van der Waals surface area contributed by atoms with E-state index in [4.69, 9.17) is 18.9 Å². The van der Waals surface area contributed by atoms with E-state index in [-0.39, 0.29) is 30.6 Å². The monoisotopic (exact) mass is 665 g/mol. The predicted octanol–water partition coefficient (Wildman–Crippen LogP) is 5.34. The summed E-state index contributed by atoms with van der Waals surface area (Å²) in [5.74, 6) is 1.95. The van der Waals surface area contributed by atoms with Gasteiger partial charge in [-0.2, -0.15) is 0 Å². The molecule has 0 saturated heterocycles. The summed E-state index contributed by atoms with van der Waals surface area (Å²) in [4.78, 5) is 3.28. The Labute approximate surface area is 285 Å². The molecular formula is C39H43N3O7. The van der Waals surface area contributed by atoms with Gasteiger partial charge in [-0.3, -0.25) is 5.32 Å². The standard InChI is InChI=1S/C39H43N3O7/c1-40-21-39(48-22-41-2)20-31-30-16-26(15-23-4-8-32-24(14-23)10-11-42-32)29-18-27(44)6-7-28(29)37(30)36(47-13-12-43)19-34(31)49-38(39)25-5-9-33(45)35(17-25)46-3/h4-11,14,17-19,26,38,40-45H,12-13,15-16,20-22H2,1-3H3. The number of likely N-dealkylation sites (N-methyl/N-ethyl adjacent to an activating group) is 1. The highest BCUT2D eigenvalue weighted by atomic mass is 16.6. The lowest BCUT2D eigenvalue weighted by molar-refractivity contribution is -0.127. The Bertz CT molecular complexity index is 1970. The molecule has 3 atom stereocenters. The Morgan fingerprint density at radius 1 is 0.959 bits per heavy atom. The number of H-pyrrole nitrogens is 1. The van der Waals surface area contributed by atoms with Crippen LogP contribution in [0.15, 0.2) is 72.9 Å². The average Bonchev–Trinajstić information content (AvgIpc) is 3.58. The summed E-state index contributed by atoms with van der Waals surface area (Å²) in [6.07, 6.45) is 3.35. The van der Waals surface area contributed by atoms with Crippen molar-refractivity contribution in [3.05, 3.63) is 101 Å². The number of hydrogen-bond donors (Lipinski definition) is 6. The highest BCUT2D eigenvalue weighted by Crippen LogP contribution is 2.54. The normalized spacial score (nSPS) is 19.5. The van der Waals surface area contributed by atoms with Gasteiger partial charge in [-0.25, -0.2) is 0 Å². The molecule has 10 nitrogen and oxygen atoms in total. The maximum absolute atomic E-state index is 10.7. The van der Waals surface area contributed by atoms with E-state index in [1.807, 2.05) is 44.6 Å². The number of ether oxygens (including phenoxy) is 4. The van der Waals surface area contributed by atoms with Gasteiger partial charge in [-0.05, 0) is 109 Å². The van der Waals surface area contributed by atoms with Gasteiger partial charge in [0, 0.05) is 41.9 Å².